The predicted octanol–water partition coefficient (Wildman–Crippen LogP) is 6.63. The van der Waals surface area contributed by atoms with Crippen LogP contribution in [-0.4, -0.2) is 30.5 Å². The summed E-state index contributed by atoms with van der Waals surface area (Å²) in [6, 6.07) is 8.15. The van der Waals surface area contributed by atoms with Gasteiger partial charge in [0.2, 0.25) is 0 Å². The molecule has 7 heteroatoms. The zero-order chi connectivity index (χ0) is 33.8. The van der Waals surface area contributed by atoms with Gasteiger partial charge in [0.05, 0.1) is 12.1 Å². The van der Waals surface area contributed by atoms with Crippen LogP contribution in [0.2, 0.25) is 0 Å². The summed E-state index contributed by atoms with van der Waals surface area (Å²) < 4.78 is 0. The van der Waals surface area contributed by atoms with Crippen LogP contribution in [0.15, 0.2) is 34.3 Å². The molecule has 2 atom stereocenters. The van der Waals surface area contributed by atoms with Gasteiger partial charge in [-0.05, 0) is 74.8 Å². The van der Waals surface area contributed by atoms with Gasteiger partial charge in [-0.1, -0.05) is 132 Å². The van der Waals surface area contributed by atoms with E-state index in [1.54, 1.807) is 12.4 Å². The molecule has 1 aliphatic carbocycles. The minimum atomic E-state index is -1.08. The van der Waals surface area contributed by atoms with Crippen LogP contribution in [0, 0.1) is 0 Å². The Morgan fingerprint density at radius 2 is 0.933 bits per heavy atom. The Hall–Kier alpha value is -2.64. The molecule has 0 N–H and O–H groups in total. The molecule has 0 aliphatic heterocycles. The van der Waals surface area contributed by atoms with E-state index in [0.29, 0.717) is 11.1 Å². The molecule has 250 valence electrons. The molecule has 1 saturated carbocycles. The molecule has 3 rings (SSSR count). The monoisotopic (exact) mass is 662 g/mol. The molecule has 45 heavy (non-hydrogen) atoms. The van der Waals surface area contributed by atoms with Crippen LogP contribution >= 0.6 is 0 Å². The van der Waals surface area contributed by atoms with Crippen LogP contribution in [0.4, 0.5) is 0 Å². The SMILES string of the molecule is CC(=O)[O-].CC(C)(C)c1cc(C=N[C@@H]2CCCC[C@H]2N=Cc2cc(C(C)(C)C)cc(C(C)(C)C)c2[O-])c([O-])c(C(C)(C)C)c1.[Co+3]. The summed E-state index contributed by atoms with van der Waals surface area (Å²) in [5, 5.41) is 35.8. The van der Waals surface area contributed by atoms with E-state index in [1.807, 2.05) is 12.1 Å². The summed E-state index contributed by atoms with van der Waals surface area (Å²) >= 11 is 0. The Morgan fingerprint density at radius 1 is 0.644 bits per heavy atom. The van der Waals surface area contributed by atoms with Crippen molar-refractivity contribution in [2.24, 2.45) is 9.98 Å². The third-order valence-corrected chi connectivity index (χ3v) is 8.09. The second kappa shape index (κ2) is 15.3. The molecular formula is C38H55CoN2O4. The number of benzene rings is 2. The van der Waals surface area contributed by atoms with E-state index >= 15 is 0 Å². The number of rotatable bonds is 4. The van der Waals surface area contributed by atoms with Gasteiger partial charge < -0.3 is 20.1 Å². The topological polar surface area (TPSA) is 111 Å². The van der Waals surface area contributed by atoms with Crippen LogP contribution in [0.25, 0.3) is 0 Å². The van der Waals surface area contributed by atoms with Gasteiger partial charge in [-0.3, -0.25) is 9.98 Å². The quantitative estimate of drug-likeness (QED) is 0.343. The number of carbonyl (C=O) groups is 1. The Labute approximate surface area is 283 Å². The molecular weight excluding hydrogens is 607 g/mol. The Bertz CT molecular complexity index is 1260. The maximum atomic E-state index is 13.5. The number of hydrogen-bond acceptors (Lipinski definition) is 6. The first-order chi connectivity index (χ1) is 19.9. The third kappa shape index (κ3) is 11.6. The fourth-order valence-corrected chi connectivity index (χ4v) is 5.27. The summed E-state index contributed by atoms with van der Waals surface area (Å²) in [4.78, 5) is 18.8. The minimum absolute atomic E-state index is 0. The van der Waals surface area contributed by atoms with Crippen LogP contribution in [0.1, 0.15) is 149 Å². The summed E-state index contributed by atoms with van der Waals surface area (Å²) in [6.07, 6.45) is 7.63. The van der Waals surface area contributed by atoms with Crippen molar-refractivity contribution in [3.63, 3.8) is 0 Å². The fourth-order valence-electron chi connectivity index (χ4n) is 5.27. The van der Waals surface area contributed by atoms with Crippen molar-refractivity contribution in [3.05, 3.63) is 57.6 Å². The number of aliphatic imine (C=N–C) groups is 2. The minimum Gasteiger partial charge on any atom is -0.872 e. The molecule has 0 aromatic heterocycles. The standard InChI is InChI=1S/C36H54N2O2.C2H4O2.Co/c1-33(2,3)25-17-23(31(39)27(19-25)35(7,8)9)21-37-29-15-13-14-16-30(29)38-22-24-18-26(34(4,5)6)20-28(32(24)40)36(10,11)12;1-2(3)4;/h17-22,29-30,39-40H,13-16H2,1-12H3;1H3,(H,3,4);/q;;+3/p-3/t29-,30-;;/m1../s1. The van der Waals surface area contributed by atoms with E-state index in [1.165, 1.54) is 0 Å². The molecule has 2 aromatic carbocycles. The Morgan fingerprint density at radius 3 is 1.18 bits per heavy atom. The van der Waals surface area contributed by atoms with E-state index < -0.39 is 5.97 Å². The number of hydrogen-bond donors (Lipinski definition) is 0. The summed E-state index contributed by atoms with van der Waals surface area (Å²) in [5.41, 5.74) is 4.62. The van der Waals surface area contributed by atoms with E-state index in [-0.39, 0.29) is 62.0 Å². The van der Waals surface area contributed by atoms with E-state index in [2.05, 4.69) is 95.2 Å². The fraction of sp³-hybridized carbons (Fsp3) is 0.605. The van der Waals surface area contributed by atoms with Crippen molar-refractivity contribution >= 4 is 18.4 Å². The number of aliphatic carboxylic acids is 1. The summed E-state index contributed by atoms with van der Waals surface area (Å²) in [5.74, 6) is -0.963. The van der Waals surface area contributed by atoms with Gasteiger partial charge in [0, 0.05) is 18.4 Å². The number of carboxylic acid groups (broad SMARTS) is 1. The van der Waals surface area contributed by atoms with E-state index in [4.69, 9.17) is 19.9 Å². The van der Waals surface area contributed by atoms with Crippen molar-refractivity contribution in [2.75, 3.05) is 0 Å². The predicted molar refractivity (Wildman–Crippen MR) is 178 cm³/mol. The van der Waals surface area contributed by atoms with Crippen LogP contribution in [-0.2, 0) is 43.2 Å². The molecule has 0 heterocycles. The molecule has 0 amide bonds. The second-order valence-electron chi connectivity index (χ2n) is 16.4. The summed E-state index contributed by atoms with van der Waals surface area (Å²) in [6.45, 7) is 26.6. The normalized spacial score (nSPS) is 18.0. The maximum Gasteiger partial charge on any atom is 3.00 e. The molecule has 2 aromatic rings. The van der Waals surface area contributed by atoms with Crippen molar-refractivity contribution < 1.29 is 36.9 Å². The summed E-state index contributed by atoms with van der Waals surface area (Å²) in [7, 11) is 0. The average molecular weight is 663 g/mol. The molecule has 0 unspecified atom stereocenters. The molecule has 6 nitrogen and oxygen atoms in total. The Kier molecular flexibility index (Phi) is 13.7. The Balaban J connectivity index is 0.00000191. The van der Waals surface area contributed by atoms with Crippen molar-refractivity contribution in [3.8, 4) is 11.5 Å². The van der Waals surface area contributed by atoms with Gasteiger partial charge in [-0.15, -0.1) is 0 Å². The van der Waals surface area contributed by atoms with Crippen LogP contribution < -0.4 is 15.3 Å². The van der Waals surface area contributed by atoms with Gasteiger partial charge >= 0.3 is 16.8 Å². The molecule has 1 fully saturated rings. The molecule has 0 radical (unpaired) electrons. The number of nitrogens with zero attached hydrogens (tertiary/aromatic N) is 2. The van der Waals surface area contributed by atoms with Crippen molar-refractivity contribution in [1.29, 1.82) is 0 Å². The second-order valence-corrected chi connectivity index (χ2v) is 16.4. The van der Waals surface area contributed by atoms with Crippen molar-refractivity contribution in [2.45, 2.75) is 149 Å². The van der Waals surface area contributed by atoms with Gasteiger partial charge in [0.15, 0.2) is 0 Å². The van der Waals surface area contributed by atoms with Crippen LogP contribution in [0.5, 0.6) is 11.5 Å². The molecule has 0 spiro atoms. The van der Waals surface area contributed by atoms with Gasteiger partial charge in [-0.25, -0.2) is 0 Å². The zero-order valence-corrected chi connectivity index (χ0v) is 30.8. The number of carboxylic acids is 1. The van der Waals surface area contributed by atoms with E-state index in [9.17, 15) is 10.2 Å². The first-order valence-corrected chi connectivity index (χ1v) is 15.9. The first-order valence-electron chi connectivity index (χ1n) is 15.9. The van der Waals surface area contributed by atoms with Gasteiger partial charge in [0.25, 0.3) is 0 Å². The van der Waals surface area contributed by atoms with Crippen molar-refractivity contribution in [1.82, 2.24) is 0 Å². The smallest absolute Gasteiger partial charge is 0.872 e. The number of carbonyl (C=O) groups excluding carboxylic acids is 1. The molecule has 0 saturated heterocycles. The zero-order valence-electron chi connectivity index (χ0n) is 29.8. The molecule has 1 aliphatic rings. The molecule has 0 bridgehead atoms. The first kappa shape index (κ1) is 40.4. The van der Waals surface area contributed by atoms with Crippen LogP contribution in [0.3, 0.4) is 0 Å². The maximum absolute atomic E-state index is 13.5. The third-order valence-electron chi connectivity index (χ3n) is 8.09. The van der Waals surface area contributed by atoms with Gasteiger partial charge in [-0.2, -0.15) is 0 Å². The van der Waals surface area contributed by atoms with E-state index in [0.717, 1.165) is 54.9 Å². The largest absolute Gasteiger partial charge is 3.00 e. The van der Waals surface area contributed by atoms with Gasteiger partial charge in [0.1, 0.15) is 0 Å². The average Bonchev–Trinajstić information content (AvgIpc) is 2.84.